The van der Waals surface area contributed by atoms with E-state index in [1.54, 1.807) is 0 Å². The predicted molar refractivity (Wildman–Crippen MR) is 39.3 cm³/mol. The highest BCUT2D eigenvalue weighted by Crippen LogP contribution is 2.08. The Morgan fingerprint density at radius 3 is 2.22 bits per heavy atom. The molecule has 0 saturated heterocycles. The maximum absolute atomic E-state index is 10.0. The second-order valence-electron chi connectivity index (χ2n) is 2.29. The van der Waals surface area contributed by atoms with E-state index in [0.717, 1.165) is 12.7 Å². The summed E-state index contributed by atoms with van der Waals surface area (Å²) >= 11 is 0. The van der Waals surface area contributed by atoms with Crippen LogP contribution < -0.4 is 0 Å². The number of carbonyl (C=O) groups is 1. The highest BCUT2D eigenvalue weighted by Gasteiger charge is 1.91. The van der Waals surface area contributed by atoms with Crippen molar-refractivity contribution >= 4 is 6.29 Å². The highest BCUT2D eigenvalue weighted by molar-refractivity contribution is 5.54. The first-order valence-corrected chi connectivity index (χ1v) is 3.31. The molecule has 0 unspecified atom stereocenters. The van der Waals surface area contributed by atoms with Crippen molar-refractivity contribution in [3.8, 4) is 0 Å². The van der Waals surface area contributed by atoms with Gasteiger partial charge < -0.3 is 4.79 Å². The molecule has 0 aromatic rings. The normalized spacial score (nSPS) is 12.8. The van der Waals surface area contributed by atoms with Crippen molar-refractivity contribution in [1.29, 1.82) is 0 Å². The van der Waals surface area contributed by atoms with Crippen LogP contribution >= 0.6 is 0 Å². The number of hydrogen-bond acceptors (Lipinski definition) is 1. The molecule has 0 N–H and O–H groups in total. The summed E-state index contributed by atoms with van der Waals surface area (Å²) in [5, 5.41) is 0. The van der Waals surface area contributed by atoms with Gasteiger partial charge in [0.25, 0.3) is 0 Å². The fourth-order valence-corrected chi connectivity index (χ4v) is 0.601. The predicted octanol–water partition coefficient (Wildman–Crippen LogP) is 2.32. The summed E-state index contributed by atoms with van der Waals surface area (Å²) in [7, 11) is 0. The number of rotatable bonds is 3. The summed E-state index contributed by atoms with van der Waals surface area (Å²) in [5.74, 6) is 0. The van der Waals surface area contributed by atoms with Crippen LogP contribution in [0.25, 0.3) is 0 Å². The molecular formula is C8H14O. The molecule has 9 heavy (non-hydrogen) atoms. The summed E-state index contributed by atoms with van der Waals surface area (Å²) in [6.07, 6.45) is 2.60. The van der Waals surface area contributed by atoms with Crippen molar-refractivity contribution in [2.75, 3.05) is 0 Å². The van der Waals surface area contributed by atoms with E-state index in [1.807, 2.05) is 6.92 Å². The van der Waals surface area contributed by atoms with Crippen LogP contribution in [-0.2, 0) is 4.79 Å². The number of carbonyl (C=O) groups excluding carboxylic acids is 1. The number of aldehydes is 1. The van der Waals surface area contributed by atoms with E-state index in [4.69, 9.17) is 0 Å². The first-order chi connectivity index (χ1) is 4.22. The summed E-state index contributed by atoms with van der Waals surface area (Å²) < 4.78 is 0. The molecule has 1 heteroatoms. The van der Waals surface area contributed by atoms with Crippen molar-refractivity contribution in [3.63, 3.8) is 0 Å². The monoisotopic (exact) mass is 126 g/mol. The van der Waals surface area contributed by atoms with Crippen molar-refractivity contribution in [3.05, 3.63) is 11.1 Å². The van der Waals surface area contributed by atoms with E-state index in [0.29, 0.717) is 6.42 Å². The van der Waals surface area contributed by atoms with Crippen LogP contribution in [-0.4, -0.2) is 6.29 Å². The minimum atomic E-state index is 0.597. The zero-order valence-electron chi connectivity index (χ0n) is 6.40. The maximum atomic E-state index is 10.0. The summed E-state index contributed by atoms with van der Waals surface area (Å²) in [6.45, 7) is 6.18. The molecule has 0 aromatic heterocycles. The smallest absolute Gasteiger partial charge is 0.124 e. The van der Waals surface area contributed by atoms with Gasteiger partial charge in [0.05, 0.1) is 0 Å². The number of allylic oxidation sites excluding steroid dienone is 2. The molecule has 0 rings (SSSR count). The lowest BCUT2D eigenvalue weighted by molar-refractivity contribution is -0.107. The molecule has 0 saturated carbocycles. The first kappa shape index (κ1) is 8.41. The molecule has 0 spiro atoms. The minimum Gasteiger partial charge on any atom is -0.303 e. The lowest BCUT2D eigenvalue weighted by atomic mass is 10.1. The Morgan fingerprint density at radius 1 is 1.33 bits per heavy atom. The molecule has 52 valence electrons. The average Bonchev–Trinajstić information content (AvgIpc) is 1.87. The van der Waals surface area contributed by atoms with Crippen LogP contribution in [0.4, 0.5) is 0 Å². The molecule has 0 aliphatic rings. The summed E-state index contributed by atoms with van der Waals surface area (Å²) in [6, 6.07) is 0. The molecule has 0 bridgehead atoms. The van der Waals surface area contributed by atoms with Gasteiger partial charge in [0.1, 0.15) is 6.29 Å². The quantitative estimate of drug-likeness (QED) is 0.419. The Bertz CT molecular complexity index is 123. The van der Waals surface area contributed by atoms with Gasteiger partial charge in [-0.25, -0.2) is 0 Å². The van der Waals surface area contributed by atoms with E-state index in [2.05, 4.69) is 13.8 Å². The molecular weight excluding hydrogens is 112 g/mol. The standard InChI is InChI=1S/C8H14O/c1-4-7(2)8(3)5-6-9/h6H,4-5H2,1-3H3/b8-7+. The zero-order valence-corrected chi connectivity index (χ0v) is 6.40. The Kier molecular flexibility index (Phi) is 4.02. The van der Waals surface area contributed by atoms with Crippen LogP contribution in [0.1, 0.15) is 33.6 Å². The van der Waals surface area contributed by atoms with E-state index in [-0.39, 0.29) is 0 Å². The molecule has 0 aliphatic heterocycles. The van der Waals surface area contributed by atoms with E-state index in [9.17, 15) is 4.79 Å². The van der Waals surface area contributed by atoms with Crippen molar-refractivity contribution in [2.45, 2.75) is 33.6 Å². The number of hydrogen-bond donors (Lipinski definition) is 0. The summed E-state index contributed by atoms with van der Waals surface area (Å²) in [4.78, 5) is 10.0. The van der Waals surface area contributed by atoms with E-state index >= 15 is 0 Å². The van der Waals surface area contributed by atoms with Gasteiger partial charge in [0, 0.05) is 6.42 Å². The third kappa shape index (κ3) is 3.07. The van der Waals surface area contributed by atoms with E-state index in [1.165, 1.54) is 11.1 Å². The van der Waals surface area contributed by atoms with Crippen molar-refractivity contribution < 1.29 is 4.79 Å². The van der Waals surface area contributed by atoms with Crippen molar-refractivity contribution in [2.24, 2.45) is 0 Å². The zero-order chi connectivity index (χ0) is 7.28. The first-order valence-electron chi connectivity index (χ1n) is 3.31. The van der Waals surface area contributed by atoms with Crippen LogP contribution in [0.15, 0.2) is 11.1 Å². The SMILES string of the molecule is CC/C(C)=C(\C)CC=O. The van der Waals surface area contributed by atoms with Gasteiger partial charge in [-0.1, -0.05) is 18.1 Å². The van der Waals surface area contributed by atoms with Crippen LogP contribution in [0, 0.1) is 0 Å². The van der Waals surface area contributed by atoms with Gasteiger partial charge in [-0.3, -0.25) is 0 Å². The second kappa shape index (κ2) is 4.30. The fourth-order valence-electron chi connectivity index (χ4n) is 0.601. The van der Waals surface area contributed by atoms with Crippen LogP contribution in [0.2, 0.25) is 0 Å². The summed E-state index contributed by atoms with van der Waals surface area (Å²) in [5.41, 5.74) is 2.55. The molecule has 0 amide bonds. The van der Waals surface area contributed by atoms with Gasteiger partial charge in [-0.15, -0.1) is 0 Å². The van der Waals surface area contributed by atoms with E-state index < -0.39 is 0 Å². The molecule has 0 aromatic carbocycles. The Hall–Kier alpha value is -0.590. The molecule has 0 radical (unpaired) electrons. The Morgan fingerprint density at radius 2 is 1.89 bits per heavy atom. The fraction of sp³-hybridized carbons (Fsp3) is 0.625. The topological polar surface area (TPSA) is 17.1 Å². The maximum Gasteiger partial charge on any atom is 0.124 e. The largest absolute Gasteiger partial charge is 0.303 e. The lowest BCUT2D eigenvalue weighted by Gasteiger charge is -1.98. The van der Waals surface area contributed by atoms with Gasteiger partial charge >= 0.3 is 0 Å². The average molecular weight is 126 g/mol. The van der Waals surface area contributed by atoms with Gasteiger partial charge in [-0.2, -0.15) is 0 Å². The molecule has 0 atom stereocenters. The van der Waals surface area contributed by atoms with Crippen LogP contribution in [0.3, 0.4) is 0 Å². The van der Waals surface area contributed by atoms with Crippen LogP contribution in [0.5, 0.6) is 0 Å². The van der Waals surface area contributed by atoms with Gasteiger partial charge in [0.2, 0.25) is 0 Å². The molecule has 0 aliphatic carbocycles. The Balaban J connectivity index is 3.92. The molecule has 1 nitrogen and oxygen atoms in total. The highest BCUT2D eigenvalue weighted by atomic mass is 16.1. The third-order valence-electron chi connectivity index (χ3n) is 1.65. The van der Waals surface area contributed by atoms with Crippen molar-refractivity contribution in [1.82, 2.24) is 0 Å². The second-order valence-corrected chi connectivity index (χ2v) is 2.29. The third-order valence-corrected chi connectivity index (χ3v) is 1.65. The molecule has 0 fully saturated rings. The lowest BCUT2D eigenvalue weighted by Crippen LogP contribution is -1.83. The Labute approximate surface area is 56.8 Å². The van der Waals surface area contributed by atoms with Gasteiger partial charge in [0.15, 0.2) is 0 Å². The minimum absolute atomic E-state index is 0.597. The molecule has 0 heterocycles. The van der Waals surface area contributed by atoms with Gasteiger partial charge in [-0.05, 0) is 20.3 Å².